The monoisotopic (exact) mass is 488 g/mol. The maximum atomic E-state index is 12.9. The molecule has 4 aromatic carbocycles. The Bertz CT molecular complexity index is 1500. The van der Waals surface area contributed by atoms with Gasteiger partial charge in [-0.15, -0.1) is 11.3 Å². The molecule has 0 aliphatic rings. The van der Waals surface area contributed by atoms with Gasteiger partial charge in [0, 0.05) is 34.2 Å². The lowest BCUT2D eigenvalue weighted by Gasteiger charge is -2.10. The first-order chi connectivity index (χ1) is 17.6. The highest BCUT2D eigenvalue weighted by Crippen LogP contribution is 2.29. The van der Waals surface area contributed by atoms with Gasteiger partial charge < -0.3 is 5.32 Å². The molecule has 4 nitrogen and oxygen atoms in total. The van der Waals surface area contributed by atoms with Crippen molar-refractivity contribution in [2.24, 2.45) is 0 Å². The third kappa shape index (κ3) is 5.16. The largest absolute Gasteiger partial charge is 0.348 e. The van der Waals surface area contributed by atoms with Crippen molar-refractivity contribution in [3.63, 3.8) is 0 Å². The van der Waals surface area contributed by atoms with E-state index in [-0.39, 0.29) is 11.7 Å². The molecule has 5 aromatic rings. The van der Waals surface area contributed by atoms with E-state index in [2.05, 4.69) is 41.9 Å². The van der Waals surface area contributed by atoms with Crippen molar-refractivity contribution >= 4 is 23.0 Å². The molecule has 1 N–H and O–H groups in total. The minimum absolute atomic E-state index is 0.167. The Morgan fingerprint density at radius 1 is 0.750 bits per heavy atom. The number of nitrogens with zero attached hydrogens (tertiary/aromatic N) is 1. The Hall–Kier alpha value is -4.35. The number of hydrogen-bond donors (Lipinski definition) is 1. The van der Waals surface area contributed by atoms with Crippen LogP contribution in [0.3, 0.4) is 0 Å². The third-order valence-electron chi connectivity index (χ3n) is 5.96. The Morgan fingerprint density at radius 2 is 1.39 bits per heavy atom. The fourth-order valence-electron chi connectivity index (χ4n) is 3.93. The highest BCUT2D eigenvalue weighted by molar-refractivity contribution is 7.13. The van der Waals surface area contributed by atoms with E-state index in [1.807, 2.05) is 42.5 Å². The highest BCUT2D eigenvalue weighted by atomic mass is 32.1. The highest BCUT2D eigenvalue weighted by Gasteiger charge is 2.17. The van der Waals surface area contributed by atoms with Gasteiger partial charge in [0.1, 0.15) is 5.01 Å². The number of amides is 1. The summed E-state index contributed by atoms with van der Waals surface area (Å²) in [5.74, 6) is -0.444. The van der Waals surface area contributed by atoms with Crippen molar-refractivity contribution in [1.29, 1.82) is 0 Å². The predicted octanol–water partition coefficient (Wildman–Crippen LogP) is 6.95. The number of carbonyl (C=O) groups is 2. The first kappa shape index (κ1) is 23.4. The Labute approximate surface area is 214 Å². The van der Waals surface area contributed by atoms with Crippen LogP contribution in [0.1, 0.15) is 37.4 Å². The molecule has 0 unspecified atom stereocenters. The van der Waals surface area contributed by atoms with E-state index in [4.69, 9.17) is 4.98 Å². The van der Waals surface area contributed by atoms with Gasteiger partial charge in [-0.2, -0.15) is 0 Å². The van der Waals surface area contributed by atoms with Crippen molar-refractivity contribution in [2.45, 2.75) is 13.5 Å². The molecule has 1 amide bonds. The second-order valence-corrected chi connectivity index (χ2v) is 9.38. The summed E-state index contributed by atoms with van der Waals surface area (Å²) >= 11 is 1.61. The van der Waals surface area contributed by atoms with Crippen molar-refractivity contribution in [3.8, 4) is 21.8 Å². The smallest absolute Gasteiger partial charge is 0.252 e. The average molecular weight is 489 g/mol. The molecule has 1 aromatic heterocycles. The van der Waals surface area contributed by atoms with Crippen LogP contribution in [0.15, 0.2) is 109 Å². The van der Waals surface area contributed by atoms with E-state index in [1.54, 1.807) is 47.7 Å². The first-order valence-electron chi connectivity index (χ1n) is 11.7. The SMILES string of the molecule is Cc1ccc(-c2csc(-c3ccc(CNC(=O)c4ccccc4C(=O)c4ccccc4)cc3)n2)cc1. The summed E-state index contributed by atoms with van der Waals surface area (Å²) < 4.78 is 0. The molecule has 1 heterocycles. The van der Waals surface area contributed by atoms with E-state index in [1.165, 1.54) is 5.56 Å². The lowest BCUT2D eigenvalue weighted by molar-refractivity contribution is 0.0939. The second kappa shape index (κ2) is 10.5. The molecule has 5 rings (SSSR count). The van der Waals surface area contributed by atoms with Gasteiger partial charge in [-0.3, -0.25) is 9.59 Å². The molecule has 0 radical (unpaired) electrons. The van der Waals surface area contributed by atoms with Gasteiger partial charge >= 0.3 is 0 Å². The van der Waals surface area contributed by atoms with Crippen LogP contribution in [0.4, 0.5) is 0 Å². The van der Waals surface area contributed by atoms with Crippen molar-refractivity contribution in [2.75, 3.05) is 0 Å². The van der Waals surface area contributed by atoms with Crippen LogP contribution in [0, 0.1) is 6.92 Å². The second-order valence-electron chi connectivity index (χ2n) is 8.52. The molecule has 0 saturated heterocycles. The summed E-state index contributed by atoms with van der Waals surface area (Å²) in [6, 6.07) is 32.3. The zero-order chi connectivity index (χ0) is 24.9. The van der Waals surface area contributed by atoms with Crippen LogP contribution >= 0.6 is 11.3 Å². The molecule has 0 spiro atoms. The number of nitrogens with one attached hydrogen (secondary N) is 1. The third-order valence-corrected chi connectivity index (χ3v) is 6.85. The normalized spacial score (nSPS) is 10.7. The Kier molecular flexibility index (Phi) is 6.83. The number of benzene rings is 4. The number of ketones is 1. The van der Waals surface area contributed by atoms with E-state index >= 15 is 0 Å². The number of rotatable bonds is 7. The van der Waals surface area contributed by atoms with Crippen LogP contribution in [-0.2, 0) is 6.54 Å². The maximum Gasteiger partial charge on any atom is 0.252 e. The molecule has 0 fully saturated rings. The van der Waals surface area contributed by atoms with Gasteiger partial charge in [0.2, 0.25) is 0 Å². The minimum atomic E-state index is -0.276. The topological polar surface area (TPSA) is 59.1 Å². The van der Waals surface area contributed by atoms with Crippen LogP contribution < -0.4 is 5.32 Å². The molecule has 0 bridgehead atoms. The molecule has 0 saturated carbocycles. The number of aromatic nitrogens is 1. The van der Waals surface area contributed by atoms with E-state index in [0.29, 0.717) is 23.2 Å². The fourth-order valence-corrected chi connectivity index (χ4v) is 4.77. The van der Waals surface area contributed by atoms with Gasteiger partial charge in [0.15, 0.2) is 5.78 Å². The molecular formula is C31H24N2O2S. The standard InChI is InChI=1S/C31H24N2O2S/c1-21-11-15-23(16-12-21)28-20-36-31(33-28)25-17-13-22(14-18-25)19-32-30(35)27-10-6-5-9-26(27)29(34)24-7-3-2-4-8-24/h2-18,20H,19H2,1H3,(H,32,35). The van der Waals surface area contributed by atoms with Gasteiger partial charge in [-0.1, -0.05) is 103 Å². The molecule has 176 valence electrons. The molecule has 0 aliphatic carbocycles. The zero-order valence-electron chi connectivity index (χ0n) is 19.8. The summed E-state index contributed by atoms with van der Waals surface area (Å²) in [6.07, 6.45) is 0. The van der Waals surface area contributed by atoms with Crippen molar-refractivity contribution in [1.82, 2.24) is 10.3 Å². The maximum absolute atomic E-state index is 12.9. The quantitative estimate of drug-likeness (QED) is 0.252. The number of carbonyl (C=O) groups excluding carboxylic acids is 2. The lowest BCUT2D eigenvalue weighted by Crippen LogP contribution is -2.25. The Morgan fingerprint density at radius 3 is 2.11 bits per heavy atom. The molecular weight excluding hydrogens is 464 g/mol. The van der Waals surface area contributed by atoms with Crippen LogP contribution in [0.25, 0.3) is 21.8 Å². The average Bonchev–Trinajstić information content (AvgIpc) is 3.43. The summed E-state index contributed by atoms with van der Waals surface area (Å²) in [6.45, 7) is 2.43. The first-order valence-corrected chi connectivity index (χ1v) is 12.6. The number of hydrogen-bond acceptors (Lipinski definition) is 4. The van der Waals surface area contributed by atoms with Gasteiger partial charge in [-0.25, -0.2) is 4.98 Å². The fraction of sp³-hybridized carbons (Fsp3) is 0.0645. The molecule has 0 atom stereocenters. The van der Waals surface area contributed by atoms with Crippen LogP contribution in [-0.4, -0.2) is 16.7 Å². The predicted molar refractivity (Wildman–Crippen MR) is 145 cm³/mol. The van der Waals surface area contributed by atoms with Gasteiger partial charge in [0.25, 0.3) is 5.91 Å². The Balaban J connectivity index is 1.26. The summed E-state index contributed by atoms with van der Waals surface area (Å²) in [5.41, 5.74) is 6.62. The molecule has 36 heavy (non-hydrogen) atoms. The van der Waals surface area contributed by atoms with E-state index < -0.39 is 0 Å². The lowest BCUT2D eigenvalue weighted by atomic mass is 9.98. The minimum Gasteiger partial charge on any atom is -0.348 e. The van der Waals surface area contributed by atoms with Crippen molar-refractivity contribution < 1.29 is 9.59 Å². The zero-order valence-corrected chi connectivity index (χ0v) is 20.6. The summed E-state index contributed by atoms with van der Waals surface area (Å²) in [7, 11) is 0. The van der Waals surface area contributed by atoms with Gasteiger partial charge in [0.05, 0.1) is 11.3 Å². The molecule has 5 heteroatoms. The summed E-state index contributed by atoms with van der Waals surface area (Å²) in [5, 5.41) is 5.97. The van der Waals surface area contributed by atoms with Crippen LogP contribution in [0.2, 0.25) is 0 Å². The summed E-state index contributed by atoms with van der Waals surface area (Å²) in [4.78, 5) is 30.7. The van der Waals surface area contributed by atoms with Gasteiger partial charge in [-0.05, 0) is 18.6 Å². The van der Waals surface area contributed by atoms with Crippen molar-refractivity contribution in [3.05, 3.63) is 136 Å². The van der Waals surface area contributed by atoms with E-state index in [9.17, 15) is 9.59 Å². The number of thiazole rings is 1. The number of aryl methyl sites for hydroxylation is 1. The van der Waals surface area contributed by atoms with Crippen LogP contribution in [0.5, 0.6) is 0 Å². The molecule has 0 aliphatic heterocycles. The van der Waals surface area contributed by atoms with E-state index in [0.717, 1.165) is 27.4 Å².